The molecule has 0 bridgehead atoms. The number of aryl methyl sites for hydroxylation is 1. The van der Waals surface area contributed by atoms with E-state index in [0.717, 1.165) is 16.2 Å². The molecule has 0 unspecified atom stereocenters. The molecule has 0 aliphatic heterocycles. The van der Waals surface area contributed by atoms with Crippen molar-refractivity contribution in [2.45, 2.75) is 13.5 Å². The van der Waals surface area contributed by atoms with Gasteiger partial charge >= 0.3 is 0 Å². The first-order valence-corrected chi connectivity index (χ1v) is 8.63. The summed E-state index contributed by atoms with van der Waals surface area (Å²) in [5.74, 6) is 1.83. The molecule has 0 aliphatic rings. The van der Waals surface area contributed by atoms with E-state index in [1.54, 1.807) is 12.1 Å². The molecule has 0 fully saturated rings. The first-order valence-electron chi connectivity index (χ1n) is 8.63. The summed E-state index contributed by atoms with van der Waals surface area (Å²) in [7, 11) is 3.84. The highest BCUT2D eigenvalue weighted by Crippen LogP contribution is 2.20. The van der Waals surface area contributed by atoms with Crippen molar-refractivity contribution in [2.24, 2.45) is 0 Å². The maximum atomic E-state index is 12.1. The van der Waals surface area contributed by atoms with Crippen molar-refractivity contribution in [3.05, 3.63) is 64.8 Å². The molecule has 0 atom stereocenters. The van der Waals surface area contributed by atoms with Crippen LogP contribution in [0, 0.1) is 6.92 Å². The summed E-state index contributed by atoms with van der Waals surface area (Å²) >= 11 is 0. The topological polar surface area (TPSA) is 105 Å². The fourth-order valence-corrected chi connectivity index (χ4v) is 2.47. The Balaban J connectivity index is 1.64. The van der Waals surface area contributed by atoms with Crippen LogP contribution in [-0.2, 0) is 11.3 Å². The molecule has 0 radical (unpaired) electrons. The molecule has 9 nitrogen and oxygen atoms in total. The second kappa shape index (κ2) is 8.30. The van der Waals surface area contributed by atoms with Crippen LogP contribution in [-0.4, -0.2) is 39.8 Å². The van der Waals surface area contributed by atoms with Gasteiger partial charge in [0, 0.05) is 43.8 Å². The van der Waals surface area contributed by atoms with Crippen molar-refractivity contribution in [1.29, 1.82) is 0 Å². The predicted octanol–water partition coefficient (Wildman–Crippen LogP) is 1.79. The quantitative estimate of drug-likeness (QED) is 0.673. The second-order valence-electron chi connectivity index (χ2n) is 6.32. The zero-order valence-electron chi connectivity index (χ0n) is 15.9. The van der Waals surface area contributed by atoms with Gasteiger partial charge < -0.3 is 15.5 Å². The number of hydrogen-bond donors (Lipinski definition) is 2. The van der Waals surface area contributed by atoms with Crippen LogP contribution in [0.15, 0.2) is 53.5 Å². The smallest absolute Gasteiger partial charge is 0.267 e. The van der Waals surface area contributed by atoms with Gasteiger partial charge in [0.15, 0.2) is 0 Å². The SMILES string of the molecule is Cc1nc(Nc2ccc(NC(=O)Cn3ncccc3=O)cc2)cc(N(C)C)n1. The van der Waals surface area contributed by atoms with E-state index >= 15 is 0 Å². The number of carbonyl (C=O) groups is 1. The van der Waals surface area contributed by atoms with Crippen molar-refractivity contribution in [3.63, 3.8) is 0 Å². The van der Waals surface area contributed by atoms with Gasteiger partial charge in [-0.2, -0.15) is 5.10 Å². The van der Waals surface area contributed by atoms with E-state index in [0.29, 0.717) is 17.3 Å². The Kier molecular flexibility index (Phi) is 5.64. The van der Waals surface area contributed by atoms with E-state index in [4.69, 9.17) is 0 Å². The summed E-state index contributed by atoms with van der Waals surface area (Å²) in [6.45, 7) is 1.69. The summed E-state index contributed by atoms with van der Waals surface area (Å²) in [5.41, 5.74) is 1.11. The highest BCUT2D eigenvalue weighted by atomic mass is 16.2. The largest absolute Gasteiger partial charge is 0.363 e. The maximum Gasteiger partial charge on any atom is 0.267 e. The van der Waals surface area contributed by atoms with Crippen molar-refractivity contribution >= 4 is 28.9 Å². The van der Waals surface area contributed by atoms with Crippen molar-refractivity contribution < 1.29 is 4.79 Å². The second-order valence-corrected chi connectivity index (χ2v) is 6.32. The summed E-state index contributed by atoms with van der Waals surface area (Å²) in [5, 5.41) is 9.83. The van der Waals surface area contributed by atoms with Crippen LogP contribution in [0.1, 0.15) is 5.82 Å². The zero-order chi connectivity index (χ0) is 20.1. The number of aromatic nitrogens is 4. The standard InChI is InChI=1S/C19H21N7O2/c1-13-21-16(11-17(22-13)25(2)3)23-14-6-8-15(9-7-14)24-18(27)12-26-19(28)5-4-10-20-26/h4-11H,12H2,1-3H3,(H,24,27)(H,21,22,23). The Bertz CT molecular complexity index is 1030. The van der Waals surface area contributed by atoms with E-state index < -0.39 is 0 Å². The van der Waals surface area contributed by atoms with Gasteiger partial charge in [0.25, 0.3) is 5.56 Å². The number of amides is 1. The van der Waals surface area contributed by atoms with Crippen molar-refractivity contribution in [1.82, 2.24) is 19.7 Å². The van der Waals surface area contributed by atoms with Crippen LogP contribution in [0.3, 0.4) is 0 Å². The molecule has 144 valence electrons. The molecule has 2 heterocycles. The summed E-state index contributed by atoms with van der Waals surface area (Å²) in [6.07, 6.45) is 1.46. The average molecular weight is 379 g/mol. The van der Waals surface area contributed by atoms with Crippen LogP contribution < -0.4 is 21.1 Å². The van der Waals surface area contributed by atoms with E-state index in [2.05, 4.69) is 25.7 Å². The van der Waals surface area contributed by atoms with E-state index in [1.165, 1.54) is 18.3 Å². The molecular formula is C19H21N7O2. The summed E-state index contributed by atoms with van der Waals surface area (Å²) in [6, 6.07) is 11.9. The highest BCUT2D eigenvalue weighted by molar-refractivity contribution is 5.90. The molecule has 0 saturated heterocycles. The number of nitrogens with one attached hydrogen (secondary N) is 2. The Morgan fingerprint density at radius 2 is 1.82 bits per heavy atom. The average Bonchev–Trinajstić information content (AvgIpc) is 2.65. The fourth-order valence-electron chi connectivity index (χ4n) is 2.47. The van der Waals surface area contributed by atoms with E-state index in [-0.39, 0.29) is 18.0 Å². The monoisotopic (exact) mass is 379 g/mol. The van der Waals surface area contributed by atoms with Crippen LogP contribution >= 0.6 is 0 Å². The van der Waals surface area contributed by atoms with E-state index in [9.17, 15) is 9.59 Å². The predicted molar refractivity (Wildman–Crippen MR) is 108 cm³/mol. The molecule has 1 aromatic carbocycles. The first kappa shape index (κ1) is 19.0. The van der Waals surface area contributed by atoms with Gasteiger partial charge in [-0.15, -0.1) is 0 Å². The molecule has 3 rings (SSSR count). The third kappa shape index (κ3) is 4.91. The molecule has 0 spiro atoms. The van der Waals surface area contributed by atoms with Crippen LogP contribution in [0.4, 0.5) is 23.0 Å². The summed E-state index contributed by atoms with van der Waals surface area (Å²) in [4.78, 5) is 34.4. The first-order chi connectivity index (χ1) is 13.4. The third-order valence-corrected chi connectivity index (χ3v) is 3.80. The lowest BCUT2D eigenvalue weighted by molar-refractivity contribution is -0.117. The van der Waals surface area contributed by atoms with Gasteiger partial charge in [0.05, 0.1) is 0 Å². The number of rotatable bonds is 6. The lowest BCUT2D eigenvalue weighted by Gasteiger charge is -2.14. The molecular weight excluding hydrogens is 358 g/mol. The number of carbonyl (C=O) groups excluding carboxylic acids is 1. The summed E-state index contributed by atoms with van der Waals surface area (Å²) < 4.78 is 1.10. The highest BCUT2D eigenvalue weighted by Gasteiger charge is 2.07. The number of nitrogens with zero attached hydrogens (tertiary/aromatic N) is 5. The fraction of sp³-hybridized carbons (Fsp3) is 0.211. The molecule has 1 amide bonds. The minimum Gasteiger partial charge on any atom is -0.363 e. The molecule has 0 aliphatic carbocycles. The molecule has 3 aromatic rings. The normalized spacial score (nSPS) is 10.4. The lowest BCUT2D eigenvalue weighted by atomic mass is 10.2. The van der Waals surface area contributed by atoms with Gasteiger partial charge in [-0.25, -0.2) is 14.6 Å². The lowest BCUT2D eigenvalue weighted by Crippen LogP contribution is -2.28. The van der Waals surface area contributed by atoms with Gasteiger partial charge in [-0.1, -0.05) is 0 Å². The minimum atomic E-state index is -0.330. The number of hydrogen-bond acceptors (Lipinski definition) is 7. The van der Waals surface area contributed by atoms with Crippen LogP contribution in [0.2, 0.25) is 0 Å². The van der Waals surface area contributed by atoms with Gasteiger partial charge in [0.2, 0.25) is 5.91 Å². The van der Waals surface area contributed by atoms with Crippen molar-refractivity contribution in [2.75, 3.05) is 29.6 Å². The number of benzene rings is 1. The Morgan fingerprint density at radius 3 is 2.50 bits per heavy atom. The van der Waals surface area contributed by atoms with Crippen LogP contribution in [0.5, 0.6) is 0 Å². The van der Waals surface area contributed by atoms with Gasteiger partial charge in [-0.05, 0) is 37.3 Å². The van der Waals surface area contributed by atoms with Gasteiger partial charge in [-0.3, -0.25) is 9.59 Å². The van der Waals surface area contributed by atoms with Gasteiger partial charge in [0.1, 0.15) is 24.0 Å². The number of anilines is 4. The Morgan fingerprint density at radius 1 is 1.11 bits per heavy atom. The molecule has 28 heavy (non-hydrogen) atoms. The van der Waals surface area contributed by atoms with Crippen molar-refractivity contribution in [3.8, 4) is 0 Å². The molecule has 2 aromatic heterocycles. The Labute approximate surface area is 162 Å². The molecule has 2 N–H and O–H groups in total. The Hall–Kier alpha value is -3.75. The minimum absolute atomic E-state index is 0.146. The zero-order valence-corrected chi connectivity index (χ0v) is 15.9. The third-order valence-electron chi connectivity index (χ3n) is 3.80. The van der Waals surface area contributed by atoms with Crippen LogP contribution in [0.25, 0.3) is 0 Å². The molecule has 0 saturated carbocycles. The maximum absolute atomic E-state index is 12.1. The van der Waals surface area contributed by atoms with E-state index in [1.807, 2.05) is 44.1 Å². The molecule has 9 heteroatoms.